The molecule has 0 amide bonds. The zero-order valence-corrected chi connectivity index (χ0v) is 10.1. The third-order valence-corrected chi connectivity index (χ3v) is 3.87. The minimum absolute atomic E-state index is 0.0711. The summed E-state index contributed by atoms with van der Waals surface area (Å²) >= 11 is 0. The number of hydrogen-bond acceptors (Lipinski definition) is 4. The number of hydrogen-bond donors (Lipinski definition) is 2. The van der Waals surface area contributed by atoms with Crippen LogP contribution in [-0.4, -0.2) is 59.2 Å². The lowest BCUT2D eigenvalue weighted by Crippen LogP contribution is -2.54. The first kappa shape index (κ1) is 12.3. The average molecular weight is 229 g/mol. The van der Waals surface area contributed by atoms with E-state index in [1.54, 1.807) is 0 Å². The van der Waals surface area contributed by atoms with Crippen molar-refractivity contribution in [1.29, 1.82) is 0 Å². The van der Waals surface area contributed by atoms with Gasteiger partial charge in [0.05, 0.1) is 24.9 Å². The first-order chi connectivity index (χ1) is 7.63. The van der Waals surface area contributed by atoms with E-state index in [-0.39, 0.29) is 12.7 Å². The van der Waals surface area contributed by atoms with Crippen LogP contribution in [0.4, 0.5) is 0 Å². The van der Waals surface area contributed by atoms with Crippen LogP contribution in [0.2, 0.25) is 0 Å². The van der Waals surface area contributed by atoms with Gasteiger partial charge in [0, 0.05) is 19.1 Å². The molecule has 4 nitrogen and oxygen atoms in total. The largest absolute Gasteiger partial charge is 0.394 e. The predicted molar refractivity (Wildman–Crippen MR) is 61.3 cm³/mol. The molecule has 1 saturated carbocycles. The third-order valence-electron chi connectivity index (χ3n) is 3.87. The minimum atomic E-state index is -0.494. The topological polar surface area (TPSA) is 52.9 Å². The average Bonchev–Trinajstić information content (AvgIpc) is 2.68. The van der Waals surface area contributed by atoms with E-state index in [2.05, 4.69) is 11.8 Å². The quantitative estimate of drug-likeness (QED) is 0.734. The Morgan fingerprint density at radius 2 is 2.06 bits per heavy atom. The van der Waals surface area contributed by atoms with Crippen molar-refractivity contribution in [1.82, 2.24) is 4.90 Å². The van der Waals surface area contributed by atoms with Crippen LogP contribution in [0.5, 0.6) is 0 Å². The van der Waals surface area contributed by atoms with Gasteiger partial charge in [-0.15, -0.1) is 0 Å². The van der Waals surface area contributed by atoms with Crippen LogP contribution in [0.3, 0.4) is 0 Å². The molecular weight excluding hydrogens is 206 g/mol. The molecule has 4 heteroatoms. The van der Waals surface area contributed by atoms with Crippen molar-refractivity contribution in [3.05, 3.63) is 0 Å². The molecule has 2 aliphatic rings. The van der Waals surface area contributed by atoms with E-state index in [9.17, 15) is 5.11 Å². The molecule has 16 heavy (non-hydrogen) atoms. The van der Waals surface area contributed by atoms with Gasteiger partial charge >= 0.3 is 0 Å². The van der Waals surface area contributed by atoms with Gasteiger partial charge in [0.1, 0.15) is 0 Å². The molecule has 2 atom stereocenters. The van der Waals surface area contributed by atoms with Gasteiger partial charge < -0.3 is 14.9 Å². The van der Waals surface area contributed by atoms with Gasteiger partial charge in [0.2, 0.25) is 0 Å². The van der Waals surface area contributed by atoms with Crippen molar-refractivity contribution in [2.45, 2.75) is 50.4 Å². The lowest BCUT2D eigenvalue weighted by molar-refractivity contribution is -0.101. The molecule has 2 rings (SSSR count). The summed E-state index contributed by atoms with van der Waals surface area (Å²) in [5.41, 5.74) is -0.494. The van der Waals surface area contributed by atoms with E-state index in [4.69, 9.17) is 9.84 Å². The minimum Gasteiger partial charge on any atom is -0.394 e. The van der Waals surface area contributed by atoms with Gasteiger partial charge in [-0.1, -0.05) is 12.8 Å². The van der Waals surface area contributed by atoms with Gasteiger partial charge in [0.25, 0.3) is 0 Å². The Bertz CT molecular complexity index is 228. The van der Waals surface area contributed by atoms with Crippen molar-refractivity contribution in [3.8, 4) is 0 Å². The monoisotopic (exact) mass is 229 g/mol. The first-order valence-corrected chi connectivity index (χ1v) is 6.32. The molecule has 1 heterocycles. The number of β-amino-alcohol motifs (C(OH)–C–C–N with tert-alkyl or cyclic N) is 1. The van der Waals surface area contributed by atoms with Crippen LogP contribution in [0.25, 0.3) is 0 Å². The molecule has 94 valence electrons. The number of morpholine rings is 1. The molecule has 1 aliphatic carbocycles. The molecule has 0 aromatic carbocycles. The molecule has 0 radical (unpaired) electrons. The first-order valence-electron chi connectivity index (χ1n) is 6.32. The molecule has 0 spiro atoms. The lowest BCUT2D eigenvalue weighted by atomic mass is 10.00. The molecule has 0 aromatic rings. The fourth-order valence-electron chi connectivity index (χ4n) is 2.78. The maximum Gasteiger partial charge on any atom is 0.0933 e. The second kappa shape index (κ2) is 5.00. The number of rotatable bonds is 3. The summed E-state index contributed by atoms with van der Waals surface area (Å²) in [5.74, 6) is 0. The molecule has 1 aliphatic heterocycles. The normalized spacial score (nSPS) is 35.4. The summed E-state index contributed by atoms with van der Waals surface area (Å²) in [7, 11) is 0. The molecule has 2 unspecified atom stereocenters. The highest BCUT2D eigenvalue weighted by molar-refractivity contribution is 4.90. The molecule has 2 N–H and O–H groups in total. The van der Waals surface area contributed by atoms with E-state index >= 15 is 0 Å². The molecule has 0 bridgehead atoms. The summed E-state index contributed by atoms with van der Waals surface area (Å²) < 4.78 is 5.49. The SMILES string of the molecule is CC1COC(CO)CN1CC1(O)CCCC1. The lowest BCUT2D eigenvalue weighted by Gasteiger charge is -2.41. The van der Waals surface area contributed by atoms with E-state index in [0.717, 1.165) is 38.8 Å². The van der Waals surface area contributed by atoms with Crippen LogP contribution in [-0.2, 0) is 4.74 Å². The van der Waals surface area contributed by atoms with E-state index in [1.807, 2.05) is 0 Å². The second-order valence-corrected chi connectivity index (χ2v) is 5.35. The Morgan fingerprint density at radius 1 is 1.38 bits per heavy atom. The highest BCUT2D eigenvalue weighted by Crippen LogP contribution is 2.31. The van der Waals surface area contributed by atoms with E-state index < -0.39 is 5.60 Å². The smallest absolute Gasteiger partial charge is 0.0933 e. The summed E-state index contributed by atoms with van der Waals surface area (Å²) in [6, 6.07) is 0.340. The van der Waals surface area contributed by atoms with Gasteiger partial charge in [0.15, 0.2) is 0 Å². The Labute approximate surface area is 97.2 Å². The van der Waals surface area contributed by atoms with Gasteiger partial charge in [-0.3, -0.25) is 4.90 Å². The highest BCUT2D eigenvalue weighted by atomic mass is 16.5. The van der Waals surface area contributed by atoms with Crippen molar-refractivity contribution in [2.75, 3.05) is 26.3 Å². The van der Waals surface area contributed by atoms with Crippen LogP contribution >= 0.6 is 0 Å². The summed E-state index contributed by atoms with van der Waals surface area (Å²) in [6.07, 6.45) is 4.03. The third kappa shape index (κ3) is 2.74. The van der Waals surface area contributed by atoms with Crippen molar-refractivity contribution < 1.29 is 14.9 Å². The standard InChI is InChI=1S/C12H23NO3/c1-10-8-16-11(7-14)6-13(10)9-12(15)4-2-3-5-12/h10-11,14-15H,2-9H2,1H3. The van der Waals surface area contributed by atoms with Gasteiger partial charge in [-0.05, 0) is 19.8 Å². The highest BCUT2D eigenvalue weighted by Gasteiger charge is 2.36. The molecule has 2 fully saturated rings. The zero-order valence-electron chi connectivity index (χ0n) is 10.1. The van der Waals surface area contributed by atoms with Gasteiger partial charge in [-0.25, -0.2) is 0 Å². The number of nitrogens with zero attached hydrogens (tertiary/aromatic N) is 1. The van der Waals surface area contributed by atoms with Crippen LogP contribution in [0.15, 0.2) is 0 Å². The fraction of sp³-hybridized carbons (Fsp3) is 1.00. The fourth-order valence-corrected chi connectivity index (χ4v) is 2.78. The Kier molecular flexibility index (Phi) is 3.85. The maximum atomic E-state index is 10.4. The molecular formula is C12H23NO3. The zero-order chi connectivity index (χ0) is 11.6. The summed E-state index contributed by atoms with van der Waals surface area (Å²) in [4.78, 5) is 2.26. The van der Waals surface area contributed by atoms with Crippen LogP contribution in [0.1, 0.15) is 32.6 Å². The predicted octanol–water partition coefficient (Wildman–Crippen LogP) is 0.373. The number of ether oxygens (including phenoxy) is 1. The molecule has 0 aromatic heterocycles. The van der Waals surface area contributed by atoms with Crippen LogP contribution < -0.4 is 0 Å². The second-order valence-electron chi connectivity index (χ2n) is 5.35. The van der Waals surface area contributed by atoms with Crippen molar-refractivity contribution >= 4 is 0 Å². The van der Waals surface area contributed by atoms with Crippen LogP contribution in [0, 0.1) is 0 Å². The summed E-state index contributed by atoms with van der Waals surface area (Å²) in [6.45, 7) is 4.31. The Balaban J connectivity index is 1.91. The Morgan fingerprint density at radius 3 is 2.69 bits per heavy atom. The van der Waals surface area contributed by atoms with Gasteiger partial charge in [-0.2, -0.15) is 0 Å². The summed E-state index contributed by atoms with van der Waals surface area (Å²) in [5, 5.41) is 19.5. The van der Waals surface area contributed by atoms with Crippen molar-refractivity contribution in [2.24, 2.45) is 0 Å². The van der Waals surface area contributed by atoms with E-state index in [0.29, 0.717) is 12.6 Å². The number of aliphatic hydroxyl groups is 2. The number of aliphatic hydroxyl groups excluding tert-OH is 1. The van der Waals surface area contributed by atoms with Crippen molar-refractivity contribution in [3.63, 3.8) is 0 Å². The molecule has 1 saturated heterocycles. The van der Waals surface area contributed by atoms with E-state index in [1.165, 1.54) is 0 Å². The maximum absolute atomic E-state index is 10.4. The Hall–Kier alpha value is -0.160.